The highest BCUT2D eigenvalue weighted by Crippen LogP contribution is 2.20. The van der Waals surface area contributed by atoms with Gasteiger partial charge in [-0.3, -0.25) is 4.68 Å². The fourth-order valence-electron chi connectivity index (χ4n) is 1.08. The molecule has 0 amide bonds. The molecule has 0 unspecified atom stereocenters. The van der Waals surface area contributed by atoms with E-state index in [0.717, 1.165) is 0 Å². The molecule has 0 saturated heterocycles. The van der Waals surface area contributed by atoms with Crippen molar-refractivity contribution in [3.63, 3.8) is 0 Å². The highest BCUT2D eigenvalue weighted by Gasteiger charge is 2.26. The number of sulfonamides is 1. The highest BCUT2D eigenvalue weighted by atomic mass is 35.5. The first kappa shape index (κ1) is 12.5. The summed E-state index contributed by atoms with van der Waals surface area (Å²) in [5.74, 6) is 0. The maximum absolute atomic E-state index is 11.8. The number of hydrogen-bond donors (Lipinski definition) is 1. The standard InChI is InChI=1S/C8H14ClN3O2S/c1-8(2,3)11-15(13,14)6-5-12(4)10-7(6)9/h5,11H,1-4H3. The Morgan fingerprint density at radius 1 is 1.47 bits per heavy atom. The van der Waals surface area contributed by atoms with Crippen molar-refractivity contribution in [2.24, 2.45) is 7.05 Å². The van der Waals surface area contributed by atoms with Crippen LogP contribution in [-0.2, 0) is 17.1 Å². The van der Waals surface area contributed by atoms with Gasteiger partial charge >= 0.3 is 0 Å². The normalized spacial score (nSPS) is 13.1. The minimum Gasteiger partial charge on any atom is -0.273 e. The second-order valence-corrected chi connectivity index (χ2v) is 6.32. The SMILES string of the molecule is Cn1cc(S(=O)(=O)NC(C)(C)C)c(Cl)n1. The van der Waals surface area contributed by atoms with Gasteiger partial charge in [0.1, 0.15) is 4.90 Å². The molecule has 1 rings (SSSR count). The van der Waals surface area contributed by atoms with Crippen molar-refractivity contribution >= 4 is 21.6 Å². The van der Waals surface area contributed by atoms with Crippen molar-refractivity contribution in [2.75, 3.05) is 0 Å². The molecule has 0 aliphatic rings. The molecule has 0 bridgehead atoms. The van der Waals surface area contributed by atoms with Gasteiger partial charge in [0, 0.05) is 18.8 Å². The molecule has 15 heavy (non-hydrogen) atoms. The van der Waals surface area contributed by atoms with Crippen LogP contribution in [0.1, 0.15) is 20.8 Å². The first-order valence-corrected chi connectivity index (χ1v) is 6.21. The minimum atomic E-state index is -3.59. The molecule has 0 saturated carbocycles. The van der Waals surface area contributed by atoms with Gasteiger partial charge in [0.25, 0.3) is 0 Å². The van der Waals surface area contributed by atoms with Gasteiger partial charge in [-0.25, -0.2) is 13.1 Å². The van der Waals surface area contributed by atoms with E-state index in [-0.39, 0.29) is 10.0 Å². The second kappa shape index (κ2) is 3.77. The Kier molecular flexibility index (Phi) is 3.14. The quantitative estimate of drug-likeness (QED) is 0.858. The number of nitrogens with one attached hydrogen (secondary N) is 1. The molecule has 0 fully saturated rings. The van der Waals surface area contributed by atoms with Gasteiger partial charge in [0.05, 0.1) is 0 Å². The van der Waals surface area contributed by atoms with Crippen LogP contribution >= 0.6 is 11.6 Å². The van der Waals surface area contributed by atoms with Crippen molar-refractivity contribution in [3.05, 3.63) is 11.3 Å². The van der Waals surface area contributed by atoms with Crippen molar-refractivity contribution in [2.45, 2.75) is 31.2 Å². The number of nitrogens with zero attached hydrogens (tertiary/aromatic N) is 2. The molecular weight excluding hydrogens is 238 g/mol. The first-order chi connectivity index (χ1) is 6.62. The maximum atomic E-state index is 11.8. The smallest absolute Gasteiger partial charge is 0.245 e. The van der Waals surface area contributed by atoms with E-state index in [1.165, 1.54) is 10.9 Å². The van der Waals surface area contributed by atoms with Gasteiger partial charge in [-0.2, -0.15) is 5.10 Å². The lowest BCUT2D eigenvalue weighted by Gasteiger charge is -2.19. The molecule has 0 aliphatic carbocycles. The lowest BCUT2D eigenvalue weighted by Crippen LogP contribution is -2.40. The zero-order valence-corrected chi connectivity index (χ0v) is 10.6. The summed E-state index contributed by atoms with van der Waals surface area (Å²) in [6.07, 6.45) is 1.37. The topological polar surface area (TPSA) is 64.0 Å². The predicted molar refractivity (Wildman–Crippen MR) is 58.3 cm³/mol. The Labute approximate surface area is 94.5 Å². The van der Waals surface area contributed by atoms with E-state index in [1.807, 2.05) is 0 Å². The number of aromatic nitrogens is 2. The fourth-order valence-corrected chi connectivity index (χ4v) is 3.02. The van der Waals surface area contributed by atoms with E-state index >= 15 is 0 Å². The Morgan fingerprint density at radius 2 is 2.00 bits per heavy atom. The van der Waals surface area contributed by atoms with Gasteiger partial charge in [-0.05, 0) is 20.8 Å². The minimum absolute atomic E-state index is 0.00147. The Balaban J connectivity index is 3.13. The van der Waals surface area contributed by atoms with E-state index in [9.17, 15) is 8.42 Å². The van der Waals surface area contributed by atoms with Crippen molar-refractivity contribution in [1.29, 1.82) is 0 Å². The molecule has 0 atom stereocenters. The summed E-state index contributed by atoms with van der Waals surface area (Å²) in [5.41, 5.74) is -0.544. The van der Waals surface area contributed by atoms with Crippen LogP contribution in [0.25, 0.3) is 0 Å². The number of rotatable bonds is 2. The van der Waals surface area contributed by atoms with Gasteiger partial charge < -0.3 is 0 Å². The molecule has 0 aliphatic heterocycles. The van der Waals surface area contributed by atoms with Crippen LogP contribution in [-0.4, -0.2) is 23.7 Å². The molecule has 1 heterocycles. The molecule has 0 radical (unpaired) electrons. The lowest BCUT2D eigenvalue weighted by molar-refractivity contribution is 0.491. The second-order valence-electron chi connectivity index (χ2n) is 4.31. The van der Waals surface area contributed by atoms with Crippen LogP contribution in [0.4, 0.5) is 0 Å². The number of hydrogen-bond acceptors (Lipinski definition) is 3. The summed E-state index contributed by atoms with van der Waals surface area (Å²) < 4.78 is 27.5. The van der Waals surface area contributed by atoms with Crippen LogP contribution in [0.15, 0.2) is 11.1 Å². The molecule has 1 aromatic rings. The predicted octanol–water partition coefficient (Wildman–Crippen LogP) is 1.15. The molecule has 0 aromatic carbocycles. The highest BCUT2D eigenvalue weighted by molar-refractivity contribution is 7.89. The van der Waals surface area contributed by atoms with Crippen LogP contribution in [0.2, 0.25) is 5.15 Å². The van der Waals surface area contributed by atoms with E-state index in [2.05, 4.69) is 9.82 Å². The summed E-state index contributed by atoms with van der Waals surface area (Å²) in [6, 6.07) is 0. The monoisotopic (exact) mass is 251 g/mol. The Morgan fingerprint density at radius 3 is 2.33 bits per heavy atom. The molecular formula is C8H14ClN3O2S. The Hall–Kier alpha value is -0.590. The third-order valence-corrected chi connectivity index (χ3v) is 3.63. The van der Waals surface area contributed by atoms with Crippen molar-refractivity contribution in [3.8, 4) is 0 Å². The summed E-state index contributed by atoms with van der Waals surface area (Å²) in [4.78, 5) is 0.00147. The third-order valence-electron chi connectivity index (χ3n) is 1.48. The molecule has 7 heteroatoms. The Bertz CT molecular complexity index is 459. The fraction of sp³-hybridized carbons (Fsp3) is 0.625. The first-order valence-electron chi connectivity index (χ1n) is 4.35. The van der Waals surface area contributed by atoms with Crippen LogP contribution in [0.3, 0.4) is 0 Å². The molecule has 86 valence electrons. The molecule has 1 aromatic heterocycles. The van der Waals surface area contributed by atoms with E-state index in [4.69, 9.17) is 11.6 Å². The van der Waals surface area contributed by atoms with Gasteiger partial charge in [0.15, 0.2) is 5.15 Å². The van der Waals surface area contributed by atoms with Crippen molar-refractivity contribution in [1.82, 2.24) is 14.5 Å². The average Bonchev–Trinajstić information content (AvgIpc) is 2.24. The summed E-state index contributed by atoms with van der Waals surface area (Å²) >= 11 is 5.71. The zero-order valence-electron chi connectivity index (χ0n) is 9.07. The van der Waals surface area contributed by atoms with E-state index in [0.29, 0.717) is 0 Å². The zero-order chi connectivity index (χ0) is 11.9. The summed E-state index contributed by atoms with van der Waals surface area (Å²) in [7, 11) is -1.98. The van der Waals surface area contributed by atoms with Crippen LogP contribution < -0.4 is 4.72 Å². The van der Waals surface area contributed by atoms with E-state index in [1.54, 1.807) is 27.8 Å². The molecule has 5 nitrogen and oxygen atoms in total. The third kappa shape index (κ3) is 3.19. The van der Waals surface area contributed by atoms with Gasteiger partial charge in [-0.15, -0.1) is 0 Å². The largest absolute Gasteiger partial charge is 0.273 e. The number of aryl methyl sites for hydroxylation is 1. The average molecular weight is 252 g/mol. The summed E-state index contributed by atoms with van der Waals surface area (Å²) in [5, 5.41) is 3.75. The van der Waals surface area contributed by atoms with E-state index < -0.39 is 15.6 Å². The van der Waals surface area contributed by atoms with Crippen LogP contribution in [0, 0.1) is 0 Å². The van der Waals surface area contributed by atoms with Crippen LogP contribution in [0.5, 0.6) is 0 Å². The van der Waals surface area contributed by atoms with Crippen molar-refractivity contribution < 1.29 is 8.42 Å². The lowest BCUT2D eigenvalue weighted by atomic mass is 10.1. The maximum Gasteiger partial charge on any atom is 0.245 e. The molecule has 1 N–H and O–H groups in total. The summed E-state index contributed by atoms with van der Waals surface area (Å²) in [6.45, 7) is 5.28. The van der Waals surface area contributed by atoms with Gasteiger partial charge in [-0.1, -0.05) is 11.6 Å². The number of halogens is 1. The molecule has 0 spiro atoms. The van der Waals surface area contributed by atoms with Gasteiger partial charge in [0.2, 0.25) is 10.0 Å².